The molecule has 0 saturated heterocycles. The minimum Gasteiger partial charge on any atom is -0.370 e. The molecule has 3 N–H and O–H groups in total. The van der Waals surface area contributed by atoms with Gasteiger partial charge in [0.1, 0.15) is 0 Å². The molecule has 1 atom stereocenters. The molecule has 7 heteroatoms. The summed E-state index contributed by atoms with van der Waals surface area (Å²) in [5.41, 5.74) is 5.75. The van der Waals surface area contributed by atoms with E-state index in [2.05, 4.69) is 21.8 Å². The minimum atomic E-state index is -0.873. The molecular formula is C13H24IN3OS2. The second-order valence-electron chi connectivity index (χ2n) is 5.19. The molecule has 0 aromatic carbocycles. The van der Waals surface area contributed by atoms with Crippen molar-refractivity contribution < 1.29 is 4.21 Å². The normalized spacial score (nSPS) is 13.7. The van der Waals surface area contributed by atoms with Gasteiger partial charge in [-0.2, -0.15) is 0 Å². The summed E-state index contributed by atoms with van der Waals surface area (Å²) in [6.45, 7) is 7.18. The molecule has 1 aromatic heterocycles. The van der Waals surface area contributed by atoms with Gasteiger partial charge in [0.05, 0.1) is 6.54 Å². The summed E-state index contributed by atoms with van der Waals surface area (Å²) in [6.07, 6.45) is 0.946. The largest absolute Gasteiger partial charge is 0.370 e. The van der Waals surface area contributed by atoms with Crippen LogP contribution in [0.4, 0.5) is 0 Å². The molecule has 0 saturated carbocycles. The predicted molar refractivity (Wildman–Crippen MR) is 101 cm³/mol. The minimum absolute atomic E-state index is 0. The summed E-state index contributed by atoms with van der Waals surface area (Å²) in [7, 11) is -0.873. The zero-order valence-corrected chi connectivity index (χ0v) is 16.2. The molecule has 0 fully saturated rings. The van der Waals surface area contributed by atoms with E-state index in [4.69, 9.17) is 5.73 Å². The average molecular weight is 429 g/mol. The van der Waals surface area contributed by atoms with Crippen LogP contribution in [0.25, 0.3) is 0 Å². The van der Waals surface area contributed by atoms with Gasteiger partial charge in [-0.05, 0) is 38.6 Å². The first-order chi connectivity index (χ1) is 8.89. The zero-order chi connectivity index (χ0) is 14.3. The lowest BCUT2D eigenvalue weighted by molar-refractivity contribution is 0.648. The molecule has 1 heterocycles. The highest BCUT2D eigenvalue weighted by Gasteiger charge is 2.18. The number of halogens is 1. The summed E-state index contributed by atoms with van der Waals surface area (Å²) < 4.78 is 11.6. The van der Waals surface area contributed by atoms with E-state index in [-0.39, 0.29) is 28.7 Å². The van der Waals surface area contributed by atoms with E-state index in [1.165, 1.54) is 4.88 Å². The molecule has 20 heavy (non-hydrogen) atoms. The Kier molecular flexibility index (Phi) is 9.65. The number of hydrogen-bond acceptors (Lipinski definition) is 3. The molecule has 1 unspecified atom stereocenters. The summed E-state index contributed by atoms with van der Waals surface area (Å²) >= 11 is 1.74. The Morgan fingerprint density at radius 3 is 2.75 bits per heavy atom. The maximum absolute atomic E-state index is 11.8. The van der Waals surface area contributed by atoms with Crippen molar-refractivity contribution in [3.05, 3.63) is 22.4 Å². The highest BCUT2D eigenvalue weighted by Crippen LogP contribution is 2.10. The van der Waals surface area contributed by atoms with Crippen molar-refractivity contribution >= 4 is 52.1 Å². The molecule has 0 spiro atoms. The van der Waals surface area contributed by atoms with E-state index in [0.29, 0.717) is 18.3 Å². The number of nitrogens with two attached hydrogens (primary N) is 1. The van der Waals surface area contributed by atoms with Crippen molar-refractivity contribution in [2.24, 2.45) is 10.7 Å². The summed E-state index contributed by atoms with van der Waals surface area (Å²) in [5, 5.41) is 5.13. The van der Waals surface area contributed by atoms with E-state index >= 15 is 0 Å². The first-order valence-corrected chi connectivity index (χ1v) is 8.54. The fourth-order valence-electron chi connectivity index (χ4n) is 1.38. The van der Waals surface area contributed by atoms with Crippen molar-refractivity contribution in [2.45, 2.75) is 31.9 Å². The van der Waals surface area contributed by atoms with Crippen LogP contribution in [0, 0.1) is 0 Å². The molecular weight excluding hydrogens is 405 g/mol. The molecule has 1 aromatic rings. The number of hydrogen-bond donors (Lipinski definition) is 2. The quantitative estimate of drug-likeness (QED) is 0.415. The fraction of sp³-hybridized carbons (Fsp3) is 0.615. The topological polar surface area (TPSA) is 67.5 Å². The molecule has 0 radical (unpaired) electrons. The van der Waals surface area contributed by atoms with Gasteiger partial charge < -0.3 is 11.1 Å². The lowest BCUT2D eigenvalue weighted by Gasteiger charge is -2.16. The molecule has 0 aliphatic heterocycles. The zero-order valence-electron chi connectivity index (χ0n) is 12.2. The van der Waals surface area contributed by atoms with Crippen LogP contribution in [-0.2, 0) is 17.2 Å². The van der Waals surface area contributed by atoms with E-state index in [0.717, 1.165) is 13.0 Å². The summed E-state index contributed by atoms with van der Waals surface area (Å²) in [5.74, 6) is 0.985. The third-order valence-electron chi connectivity index (χ3n) is 2.50. The van der Waals surface area contributed by atoms with Crippen LogP contribution in [0.5, 0.6) is 0 Å². The third-order valence-corrected chi connectivity index (χ3v) is 5.36. The van der Waals surface area contributed by atoms with Crippen LogP contribution in [0.1, 0.15) is 25.6 Å². The van der Waals surface area contributed by atoms with Crippen molar-refractivity contribution in [2.75, 3.05) is 18.8 Å². The van der Waals surface area contributed by atoms with Gasteiger partial charge in [-0.3, -0.25) is 9.20 Å². The number of nitrogens with one attached hydrogen (secondary N) is 1. The van der Waals surface area contributed by atoms with Gasteiger partial charge in [0.15, 0.2) is 5.96 Å². The number of aliphatic imine (C=N–C) groups is 1. The molecule has 4 nitrogen and oxygen atoms in total. The smallest absolute Gasteiger partial charge is 0.188 e. The Labute approximate surface area is 145 Å². The second-order valence-corrected chi connectivity index (χ2v) is 8.54. The average Bonchev–Trinajstić information content (AvgIpc) is 2.80. The van der Waals surface area contributed by atoms with Crippen LogP contribution in [-0.4, -0.2) is 33.8 Å². The monoisotopic (exact) mass is 429 g/mol. The Morgan fingerprint density at radius 1 is 1.50 bits per heavy atom. The van der Waals surface area contributed by atoms with Gasteiger partial charge in [0.2, 0.25) is 0 Å². The van der Waals surface area contributed by atoms with Gasteiger partial charge in [-0.15, -0.1) is 35.3 Å². The third kappa shape index (κ3) is 8.21. The van der Waals surface area contributed by atoms with Crippen LogP contribution < -0.4 is 11.1 Å². The maximum atomic E-state index is 11.8. The van der Waals surface area contributed by atoms with Crippen molar-refractivity contribution in [3.63, 3.8) is 0 Å². The predicted octanol–water partition coefficient (Wildman–Crippen LogP) is 2.36. The molecule has 116 valence electrons. The van der Waals surface area contributed by atoms with Crippen LogP contribution in [0.2, 0.25) is 0 Å². The maximum Gasteiger partial charge on any atom is 0.188 e. The Morgan fingerprint density at radius 2 is 2.20 bits per heavy atom. The summed E-state index contributed by atoms with van der Waals surface area (Å²) in [6, 6.07) is 4.14. The Balaban J connectivity index is 0.00000361. The number of thiophene rings is 1. The van der Waals surface area contributed by atoms with E-state index in [9.17, 15) is 4.21 Å². The number of guanidine groups is 1. The van der Waals surface area contributed by atoms with Crippen molar-refractivity contribution in [1.29, 1.82) is 0 Å². The van der Waals surface area contributed by atoms with Crippen molar-refractivity contribution in [1.82, 2.24) is 5.32 Å². The first kappa shape index (κ1) is 19.9. The van der Waals surface area contributed by atoms with E-state index in [1.807, 2.05) is 26.8 Å². The SMILES string of the molecule is CC(C)(C)S(=O)CCN=C(N)NCCc1cccs1.I. The van der Waals surface area contributed by atoms with Crippen LogP contribution >= 0.6 is 35.3 Å². The standard InChI is InChI=1S/C13H23N3OS2.HI/c1-13(2,3)19(17)10-8-16-12(14)15-7-6-11-5-4-9-18-11;/h4-5,9H,6-8,10H2,1-3H3,(H3,14,15,16);1H. The van der Waals surface area contributed by atoms with Gasteiger partial charge in [-0.25, -0.2) is 0 Å². The molecule has 1 rings (SSSR count). The number of nitrogens with zero attached hydrogens (tertiary/aromatic N) is 1. The Hall–Kier alpha value is -0.150. The van der Waals surface area contributed by atoms with Gasteiger partial charge in [0.25, 0.3) is 0 Å². The molecule has 0 bridgehead atoms. The second kappa shape index (κ2) is 9.73. The lowest BCUT2D eigenvalue weighted by Crippen LogP contribution is -2.34. The van der Waals surface area contributed by atoms with Crippen molar-refractivity contribution in [3.8, 4) is 0 Å². The van der Waals surface area contributed by atoms with Gasteiger partial charge >= 0.3 is 0 Å². The number of rotatable bonds is 6. The van der Waals surface area contributed by atoms with Gasteiger partial charge in [-0.1, -0.05) is 6.07 Å². The Bertz CT molecular complexity index is 427. The molecule has 0 aliphatic rings. The fourth-order valence-corrected chi connectivity index (χ4v) is 2.96. The molecule has 0 amide bonds. The lowest BCUT2D eigenvalue weighted by atomic mass is 10.3. The first-order valence-electron chi connectivity index (χ1n) is 6.34. The summed E-state index contributed by atoms with van der Waals surface area (Å²) in [4.78, 5) is 5.52. The van der Waals surface area contributed by atoms with Gasteiger partial charge in [0, 0.05) is 32.7 Å². The highest BCUT2D eigenvalue weighted by molar-refractivity contribution is 14.0. The van der Waals surface area contributed by atoms with E-state index < -0.39 is 10.8 Å². The van der Waals surface area contributed by atoms with E-state index in [1.54, 1.807) is 11.3 Å². The highest BCUT2D eigenvalue weighted by atomic mass is 127. The van der Waals surface area contributed by atoms with Crippen LogP contribution in [0.15, 0.2) is 22.5 Å². The van der Waals surface area contributed by atoms with Crippen LogP contribution in [0.3, 0.4) is 0 Å². The molecule has 0 aliphatic carbocycles.